The maximum atomic E-state index is 5.59. The Bertz CT molecular complexity index is 398. The highest BCUT2D eigenvalue weighted by Gasteiger charge is 2.11. The van der Waals surface area contributed by atoms with Crippen LogP contribution in [-0.4, -0.2) is 32.1 Å². The SMILES string of the molecule is CNC(C)CCCCSc1ccc2c(c1)OCCO2. The Morgan fingerprint density at radius 2 is 2.00 bits per heavy atom. The molecule has 0 aromatic heterocycles. The fourth-order valence-corrected chi connectivity index (χ4v) is 2.94. The minimum absolute atomic E-state index is 0.624. The van der Waals surface area contributed by atoms with E-state index in [4.69, 9.17) is 9.47 Å². The number of hydrogen-bond donors (Lipinski definition) is 1. The van der Waals surface area contributed by atoms with Crippen LogP contribution in [0.25, 0.3) is 0 Å². The van der Waals surface area contributed by atoms with Crippen LogP contribution < -0.4 is 14.8 Å². The molecule has 0 saturated carbocycles. The van der Waals surface area contributed by atoms with Gasteiger partial charge in [0.25, 0.3) is 0 Å². The van der Waals surface area contributed by atoms with E-state index in [1.165, 1.54) is 24.2 Å². The molecule has 19 heavy (non-hydrogen) atoms. The van der Waals surface area contributed by atoms with Gasteiger partial charge in [-0.1, -0.05) is 6.42 Å². The van der Waals surface area contributed by atoms with Crippen LogP contribution in [0.1, 0.15) is 26.2 Å². The molecule has 1 aliphatic heterocycles. The Morgan fingerprint density at radius 3 is 2.79 bits per heavy atom. The minimum atomic E-state index is 0.624. The number of nitrogens with one attached hydrogen (secondary N) is 1. The number of unbranched alkanes of at least 4 members (excludes halogenated alkanes) is 1. The molecular formula is C15H23NO2S. The topological polar surface area (TPSA) is 30.5 Å². The second-order valence-electron chi connectivity index (χ2n) is 4.84. The molecule has 106 valence electrons. The third-order valence-corrected chi connectivity index (χ3v) is 4.39. The fraction of sp³-hybridized carbons (Fsp3) is 0.600. The Kier molecular flexibility index (Phi) is 5.86. The van der Waals surface area contributed by atoms with Crippen molar-refractivity contribution in [1.82, 2.24) is 5.32 Å². The van der Waals surface area contributed by atoms with Crippen molar-refractivity contribution in [3.05, 3.63) is 18.2 Å². The van der Waals surface area contributed by atoms with Crippen molar-refractivity contribution < 1.29 is 9.47 Å². The van der Waals surface area contributed by atoms with E-state index in [1.54, 1.807) is 0 Å². The van der Waals surface area contributed by atoms with Crippen LogP contribution >= 0.6 is 11.8 Å². The van der Waals surface area contributed by atoms with E-state index in [-0.39, 0.29) is 0 Å². The average Bonchev–Trinajstić information content (AvgIpc) is 2.46. The molecule has 0 aliphatic carbocycles. The monoisotopic (exact) mass is 281 g/mol. The number of ether oxygens (including phenoxy) is 2. The lowest BCUT2D eigenvalue weighted by Crippen LogP contribution is -2.20. The van der Waals surface area contributed by atoms with Crippen molar-refractivity contribution >= 4 is 11.8 Å². The first kappa shape index (κ1) is 14.5. The number of thioether (sulfide) groups is 1. The zero-order chi connectivity index (χ0) is 13.5. The Morgan fingerprint density at radius 1 is 1.21 bits per heavy atom. The summed E-state index contributed by atoms with van der Waals surface area (Å²) in [4.78, 5) is 1.27. The first-order valence-electron chi connectivity index (χ1n) is 6.99. The molecule has 1 N–H and O–H groups in total. The maximum absolute atomic E-state index is 5.59. The van der Waals surface area contributed by atoms with Gasteiger partial charge < -0.3 is 14.8 Å². The summed E-state index contributed by atoms with van der Waals surface area (Å²) >= 11 is 1.90. The van der Waals surface area contributed by atoms with Gasteiger partial charge in [0.05, 0.1) is 0 Å². The van der Waals surface area contributed by atoms with E-state index < -0.39 is 0 Å². The third-order valence-electron chi connectivity index (χ3n) is 3.31. The van der Waals surface area contributed by atoms with Crippen molar-refractivity contribution in [3.8, 4) is 11.5 Å². The Hall–Kier alpha value is -0.870. The zero-order valence-corrected chi connectivity index (χ0v) is 12.6. The van der Waals surface area contributed by atoms with Gasteiger partial charge in [-0.25, -0.2) is 0 Å². The molecule has 0 bridgehead atoms. The van der Waals surface area contributed by atoms with Gasteiger partial charge in [-0.15, -0.1) is 11.8 Å². The zero-order valence-electron chi connectivity index (χ0n) is 11.8. The number of rotatable bonds is 7. The van der Waals surface area contributed by atoms with Gasteiger partial charge in [0.1, 0.15) is 13.2 Å². The normalized spacial score (nSPS) is 15.3. The molecule has 0 radical (unpaired) electrons. The van der Waals surface area contributed by atoms with Gasteiger partial charge >= 0.3 is 0 Å². The minimum Gasteiger partial charge on any atom is -0.486 e. The quantitative estimate of drug-likeness (QED) is 0.613. The van der Waals surface area contributed by atoms with E-state index in [0.717, 1.165) is 17.3 Å². The molecule has 1 aliphatic rings. The van der Waals surface area contributed by atoms with E-state index in [2.05, 4.69) is 24.4 Å². The molecule has 1 atom stereocenters. The van der Waals surface area contributed by atoms with E-state index in [0.29, 0.717) is 19.3 Å². The van der Waals surface area contributed by atoms with Crippen molar-refractivity contribution in [3.63, 3.8) is 0 Å². The summed E-state index contributed by atoms with van der Waals surface area (Å²) in [5.41, 5.74) is 0. The lowest BCUT2D eigenvalue weighted by atomic mass is 10.1. The van der Waals surface area contributed by atoms with E-state index in [9.17, 15) is 0 Å². The predicted octanol–water partition coefficient (Wildman–Crippen LogP) is 3.33. The van der Waals surface area contributed by atoms with Crippen LogP contribution in [0.5, 0.6) is 11.5 Å². The highest BCUT2D eigenvalue weighted by atomic mass is 32.2. The molecule has 0 saturated heterocycles. The number of benzene rings is 1. The van der Waals surface area contributed by atoms with Gasteiger partial charge in [-0.2, -0.15) is 0 Å². The predicted molar refractivity (Wildman–Crippen MR) is 80.5 cm³/mol. The summed E-state index contributed by atoms with van der Waals surface area (Å²) in [5, 5.41) is 3.27. The highest BCUT2D eigenvalue weighted by Crippen LogP contribution is 2.34. The number of hydrogen-bond acceptors (Lipinski definition) is 4. The molecule has 2 rings (SSSR count). The average molecular weight is 281 g/mol. The summed E-state index contributed by atoms with van der Waals surface area (Å²) in [6.07, 6.45) is 3.78. The molecule has 3 nitrogen and oxygen atoms in total. The van der Waals surface area contributed by atoms with Crippen molar-refractivity contribution in [2.75, 3.05) is 26.0 Å². The van der Waals surface area contributed by atoms with E-state index in [1.807, 2.05) is 24.9 Å². The molecule has 1 aromatic carbocycles. The second kappa shape index (κ2) is 7.65. The van der Waals surface area contributed by atoms with Gasteiger partial charge in [0, 0.05) is 10.9 Å². The van der Waals surface area contributed by atoms with Crippen LogP contribution in [-0.2, 0) is 0 Å². The van der Waals surface area contributed by atoms with Gasteiger partial charge in [-0.05, 0) is 50.8 Å². The first-order valence-corrected chi connectivity index (χ1v) is 7.98. The smallest absolute Gasteiger partial charge is 0.162 e. The molecule has 1 aromatic rings. The van der Waals surface area contributed by atoms with E-state index >= 15 is 0 Å². The van der Waals surface area contributed by atoms with Crippen molar-refractivity contribution in [1.29, 1.82) is 0 Å². The fourth-order valence-electron chi connectivity index (χ4n) is 2.00. The molecule has 0 amide bonds. The van der Waals surface area contributed by atoms with Crippen LogP contribution in [0, 0.1) is 0 Å². The Labute approximate surface area is 120 Å². The summed E-state index contributed by atoms with van der Waals surface area (Å²) in [5.74, 6) is 2.93. The van der Waals surface area contributed by atoms with Crippen molar-refractivity contribution in [2.24, 2.45) is 0 Å². The molecule has 0 spiro atoms. The maximum Gasteiger partial charge on any atom is 0.162 e. The largest absolute Gasteiger partial charge is 0.486 e. The molecule has 1 heterocycles. The lowest BCUT2D eigenvalue weighted by molar-refractivity contribution is 0.171. The molecule has 1 unspecified atom stereocenters. The van der Waals surface area contributed by atoms with Crippen LogP contribution in [0.3, 0.4) is 0 Å². The highest BCUT2D eigenvalue weighted by molar-refractivity contribution is 7.99. The van der Waals surface area contributed by atoms with Crippen molar-refractivity contribution in [2.45, 2.75) is 37.1 Å². The lowest BCUT2D eigenvalue weighted by Gasteiger charge is -2.18. The summed E-state index contributed by atoms with van der Waals surface area (Å²) in [6, 6.07) is 6.85. The van der Waals surface area contributed by atoms with Crippen LogP contribution in [0.4, 0.5) is 0 Å². The second-order valence-corrected chi connectivity index (χ2v) is 6.01. The summed E-state index contributed by atoms with van der Waals surface area (Å²) in [7, 11) is 2.02. The summed E-state index contributed by atoms with van der Waals surface area (Å²) < 4.78 is 11.1. The van der Waals surface area contributed by atoms with Crippen LogP contribution in [0.2, 0.25) is 0 Å². The molecule has 4 heteroatoms. The standard InChI is InChI=1S/C15H23NO2S/c1-12(16-2)5-3-4-10-19-13-6-7-14-15(11-13)18-9-8-17-14/h6-7,11-12,16H,3-5,8-10H2,1-2H3. The van der Waals surface area contributed by atoms with Gasteiger partial charge in [0.15, 0.2) is 11.5 Å². The molecule has 0 fully saturated rings. The Balaban J connectivity index is 1.71. The first-order chi connectivity index (χ1) is 9.29. The summed E-state index contributed by atoms with van der Waals surface area (Å²) in [6.45, 7) is 3.54. The van der Waals surface area contributed by atoms with Gasteiger partial charge in [0.2, 0.25) is 0 Å². The molecular weight excluding hydrogens is 258 g/mol. The van der Waals surface area contributed by atoms with Gasteiger partial charge in [-0.3, -0.25) is 0 Å². The number of fused-ring (bicyclic) bond motifs is 1. The van der Waals surface area contributed by atoms with Crippen LogP contribution in [0.15, 0.2) is 23.1 Å². The third kappa shape index (κ3) is 4.62.